The topological polar surface area (TPSA) is 52.0 Å². The molecule has 0 aliphatic carbocycles. The van der Waals surface area contributed by atoms with E-state index in [9.17, 15) is 0 Å². The summed E-state index contributed by atoms with van der Waals surface area (Å²) in [4.78, 5) is 4.53. The Morgan fingerprint density at radius 2 is 2.05 bits per heavy atom. The summed E-state index contributed by atoms with van der Waals surface area (Å²) >= 11 is 0. The standard InChI is InChI=1S/C17H24N4O/c1-11(2)13-5-7-14(8-6-13)15-9-12(3)18-17-19-16(10-22-4)20-21(15)17/h5-8,11-12,15H,9-10H2,1-4H3,(H,18,19,20)/t12-,15-/m1/s1. The number of nitrogens with one attached hydrogen (secondary N) is 1. The Morgan fingerprint density at radius 3 is 2.68 bits per heavy atom. The lowest BCUT2D eigenvalue weighted by Gasteiger charge is -2.29. The maximum atomic E-state index is 5.15. The Kier molecular flexibility index (Phi) is 4.16. The fourth-order valence-electron chi connectivity index (χ4n) is 2.97. The van der Waals surface area contributed by atoms with Crippen LogP contribution in [0.1, 0.15) is 56.1 Å². The van der Waals surface area contributed by atoms with Gasteiger partial charge in [0.15, 0.2) is 5.82 Å². The molecule has 22 heavy (non-hydrogen) atoms. The zero-order valence-electron chi connectivity index (χ0n) is 13.7. The van der Waals surface area contributed by atoms with Crippen molar-refractivity contribution in [1.29, 1.82) is 0 Å². The Balaban J connectivity index is 1.93. The number of rotatable bonds is 4. The van der Waals surface area contributed by atoms with Crippen LogP contribution in [0, 0.1) is 0 Å². The summed E-state index contributed by atoms with van der Waals surface area (Å²) in [6.07, 6.45) is 1.00. The van der Waals surface area contributed by atoms with Gasteiger partial charge in [-0.3, -0.25) is 0 Å². The second kappa shape index (κ2) is 6.08. The van der Waals surface area contributed by atoms with E-state index >= 15 is 0 Å². The number of ether oxygens (including phenoxy) is 1. The molecule has 2 heterocycles. The van der Waals surface area contributed by atoms with Gasteiger partial charge in [0.05, 0.1) is 6.04 Å². The second-order valence-corrected chi connectivity index (χ2v) is 6.35. The Morgan fingerprint density at radius 1 is 1.32 bits per heavy atom. The van der Waals surface area contributed by atoms with Crippen molar-refractivity contribution in [2.75, 3.05) is 12.4 Å². The first kappa shape index (κ1) is 15.0. The molecule has 5 nitrogen and oxygen atoms in total. The normalized spacial score (nSPS) is 20.8. The monoisotopic (exact) mass is 300 g/mol. The molecule has 0 saturated heterocycles. The number of benzene rings is 1. The van der Waals surface area contributed by atoms with E-state index in [0.29, 0.717) is 18.6 Å². The van der Waals surface area contributed by atoms with E-state index in [2.05, 4.69) is 60.4 Å². The highest BCUT2D eigenvalue weighted by Crippen LogP contribution is 2.31. The lowest BCUT2D eigenvalue weighted by molar-refractivity contribution is 0.177. The summed E-state index contributed by atoms with van der Waals surface area (Å²) in [5.74, 6) is 2.11. The van der Waals surface area contributed by atoms with Crippen LogP contribution < -0.4 is 5.32 Å². The fourth-order valence-corrected chi connectivity index (χ4v) is 2.97. The summed E-state index contributed by atoms with van der Waals surface area (Å²) in [6.45, 7) is 7.06. The van der Waals surface area contributed by atoms with Crippen molar-refractivity contribution in [3.05, 3.63) is 41.2 Å². The first-order chi connectivity index (χ1) is 10.6. The Labute approximate surface area is 131 Å². The molecule has 1 aromatic carbocycles. The fraction of sp³-hybridized carbons (Fsp3) is 0.529. The van der Waals surface area contributed by atoms with Crippen molar-refractivity contribution in [2.24, 2.45) is 0 Å². The highest BCUT2D eigenvalue weighted by atomic mass is 16.5. The average molecular weight is 300 g/mol. The number of methoxy groups -OCH3 is 1. The molecule has 0 amide bonds. The van der Waals surface area contributed by atoms with Gasteiger partial charge < -0.3 is 10.1 Å². The molecule has 1 aromatic heterocycles. The molecule has 3 rings (SSSR count). The van der Waals surface area contributed by atoms with Gasteiger partial charge in [-0.1, -0.05) is 38.1 Å². The van der Waals surface area contributed by atoms with E-state index in [1.54, 1.807) is 7.11 Å². The molecule has 5 heteroatoms. The van der Waals surface area contributed by atoms with Crippen molar-refractivity contribution < 1.29 is 4.74 Å². The van der Waals surface area contributed by atoms with E-state index < -0.39 is 0 Å². The molecule has 0 radical (unpaired) electrons. The highest BCUT2D eigenvalue weighted by Gasteiger charge is 2.28. The molecule has 0 bridgehead atoms. The lowest BCUT2D eigenvalue weighted by Crippen LogP contribution is -2.31. The third-order valence-corrected chi connectivity index (χ3v) is 4.18. The van der Waals surface area contributed by atoms with Crippen molar-refractivity contribution in [3.63, 3.8) is 0 Å². The van der Waals surface area contributed by atoms with Gasteiger partial charge in [0.2, 0.25) is 5.95 Å². The van der Waals surface area contributed by atoms with Gasteiger partial charge in [0, 0.05) is 13.2 Å². The van der Waals surface area contributed by atoms with Gasteiger partial charge in [0.1, 0.15) is 6.61 Å². The minimum absolute atomic E-state index is 0.227. The van der Waals surface area contributed by atoms with Crippen molar-refractivity contribution in [2.45, 2.75) is 51.8 Å². The molecule has 1 aliphatic heterocycles. The molecular formula is C17H24N4O. The third kappa shape index (κ3) is 2.86. The van der Waals surface area contributed by atoms with Crippen LogP contribution in [0.25, 0.3) is 0 Å². The SMILES string of the molecule is COCc1nc2n(n1)[C@@H](c1ccc(C(C)C)cc1)C[C@@H](C)N2. The van der Waals surface area contributed by atoms with Crippen LogP contribution in [-0.2, 0) is 11.3 Å². The molecule has 1 N–H and O–H groups in total. The van der Waals surface area contributed by atoms with Gasteiger partial charge in [-0.15, -0.1) is 0 Å². The van der Waals surface area contributed by atoms with Crippen LogP contribution in [0.4, 0.5) is 5.95 Å². The molecule has 118 valence electrons. The maximum Gasteiger partial charge on any atom is 0.222 e. The molecule has 0 spiro atoms. The smallest absolute Gasteiger partial charge is 0.222 e. The first-order valence-corrected chi connectivity index (χ1v) is 7.89. The minimum atomic E-state index is 0.227. The van der Waals surface area contributed by atoms with Crippen LogP contribution in [0.3, 0.4) is 0 Å². The summed E-state index contributed by atoms with van der Waals surface area (Å²) in [5.41, 5.74) is 2.65. The van der Waals surface area contributed by atoms with E-state index in [0.717, 1.165) is 18.2 Å². The summed E-state index contributed by atoms with van der Waals surface area (Å²) in [5, 5.41) is 8.01. The molecule has 0 fully saturated rings. The largest absolute Gasteiger partial charge is 0.377 e. The number of hydrogen-bond acceptors (Lipinski definition) is 4. The van der Waals surface area contributed by atoms with Crippen molar-refractivity contribution in [1.82, 2.24) is 14.8 Å². The van der Waals surface area contributed by atoms with Gasteiger partial charge in [-0.2, -0.15) is 10.1 Å². The predicted octanol–water partition coefficient (Wildman–Crippen LogP) is 3.34. The van der Waals surface area contributed by atoms with Crippen molar-refractivity contribution >= 4 is 5.95 Å². The number of fused-ring (bicyclic) bond motifs is 1. The molecule has 0 unspecified atom stereocenters. The number of aromatic nitrogens is 3. The Bertz CT molecular complexity index is 633. The number of hydrogen-bond donors (Lipinski definition) is 1. The second-order valence-electron chi connectivity index (χ2n) is 6.35. The Hall–Kier alpha value is -1.88. The van der Waals surface area contributed by atoms with Gasteiger partial charge in [0.25, 0.3) is 0 Å². The molecule has 2 aromatic rings. The summed E-state index contributed by atoms with van der Waals surface area (Å²) in [7, 11) is 1.66. The molecule has 1 aliphatic rings. The average Bonchev–Trinajstić information content (AvgIpc) is 2.89. The van der Waals surface area contributed by atoms with E-state index in [4.69, 9.17) is 4.74 Å². The third-order valence-electron chi connectivity index (χ3n) is 4.18. The van der Waals surface area contributed by atoms with Gasteiger partial charge in [-0.05, 0) is 30.4 Å². The number of nitrogens with zero attached hydrogens (tertiary/aromatic N) is 3. The van der Waals surface area contributed by atoms with Crippen LogP contribution in [0.15, 0.2) is 24.3 Å². The molecular weight excluding hydrogens is 276 g/mol. The molecule has 2 atom stereocenters. The van der Waals surface area contributed by atoms with Crippen LogP contribution >= 0.6 is 0 Å². The van der Waals surface area contributed by atoms with Gasteiger partial charge >= 0.3 is 0 Å². The quantitative estimate of drug-likeness (QED) is 0.941. The van der Waals surface area contributed by atoms with Crippen LogP contribution in [0.5, 0.6) is 0 Å². The minimum Gasteiger partial charge on any atom is -0.377 e. The highest BCUT2D eigenvalue weighted by molar-refractivity contribution is 5.35. The lowest BCUT2D eigenvalue weighted by atomic mass is 9.95. The van der Waals surface area contributed by atoms with Gasteiger partial charge in [-0.25, -0.2) is 4.68 Å². The van der Waals surface area contributed by atoms with Crippen LogP contribution in [0.2, 0.25) is 0 Å². The summed E-state index contributed by atoms with van der Waals surface area (Å²) in [6, 6.07) is 9.49. The summed E-state index contributed by atoms with van der Waals surface area (Å²) < 4.78 is 7.15. The van der Waals surface area contributed by atoms with Crippen LogP contribution in [-0.4, -0.2) is 27.9 Å². The zero-order chi connectivity index (χ0) is 15.7. The predicted molar refractivity (Wildman–Crippen MR) is 87.1 cm³/mol. The first-order valence-electron chi connectivity index (χ1n) is 7.89. The zero-order valence-corrected chi connectivity index (χ0v) is 13.7. The number of anilines is 1. The van der Waals surface area contributed by atoms with E-state index in [1.165, 1.54) is 11.1 Å². The molecule has 0 saturated carbocycles. The maximum absolute atomic E-state index is 5.15. The van der Waals surface area contributed by atoms with E-state index in [1.807, 2.05) is 4.68 Å². The van der Waals surface area contributed by atoms with Crippen molar-refractivity contribution in [3.8, 4) is 0 Å². The van der Waals surface area contributed by atoms with E-state index in [-0.39, 0.29) is 6.04 Å².